The van der Waals surface area contributed by atoms with Crippen LogP contribution in [-0.2, 0) is 10.0 Å². The molecule has 0 aliphatic carbocycles. The number of nitrogens with zero attached hydrogens (tertiary/aromatic N) is 1. The van der Waals surface area contributed by atoms with Crippen molar-refractivity contribution >= 4 is 10.0 Å². The summed E-state index contributed by atoms with van der Waals surface area (Å²) >= 11 is 0. The molecule has 1 aromatic heterocycles. The molecule has 0 N–H and O–H groups in total. The molecule has 0 spiro atoms. The SMILES string of the molecule is CN(C)S(=O)(=O)c1ccoc1. The first kappa shape index (κ1) is 8.29. The van der Waals surface area contributed by atoms with E-state index >= 15 is 0 Å². The zero-order valence-electron chi connectivity index (χ0n) is 6.31. The molecule has 1 rings (SSSR count). The number of sulfonamides is 1. The first-order valence-electron chi connectivity index (χ1n) is 3.00. The Kier molecular flexibility index (Phi) is 2.01. The van der Waals surface area contributed by atoms with Gasteiger partial charge < -0.3 is 4.42 Å². The fourth-order valence-corrected chi connectivity index (χ4v) is 1.44. The van der Waals surface area contributed by atoms with E-state index in [-0.39, 0.29) is 4.90 Å². The highest BCUT2D eigenvalue weighted by Gasteiger charge is 2.17. The topological polar surface area (TPSA) is 50.5 Å². The van der Waals surface area contributed by atoms with Gasteiger partial charge in [-0.05, 0) is 6.07 Å². The van der Waals surface area contributed by atoms with Gasteiger partial charge in [-0.3, -0.25) is 0 Å². The predicted octanol–water partition coefficient (Wildman–Crippen LogP) is 0.530. The summed E-state index contributed by atoms with van der Waals surface area (Å²) in [4.78, 5) is 0.183. The zero-order valence-corrected chi connectivity index (χ0v) is 7.13. The van der Waals surface area contributed by atoms with Gasteiger partial charge >= 0.3 is 0 Å². The average molecular weight is 175 g/mol. The molecule has 0 fully saturated rings. The average Bonchev–Trinajstić information content (AvgIpc) is 2.37. The van der Waals surface area contributed by atoms with E-state index < -0.39 is 10.0 Å². The smallest absolute Gasteiger partial charge is 0.245 e. The van der Waals surface area contributed by atoms with Crippen LogP contribution >= 0.6 is 0 Å². The molecule has 0 amide bonds. The Hall–Kier alpha value is -0.810. The molecule has 0 atom stereocenters. The number of hydrogen-bond acceptors (Lipinski definition) is 3. The molecule has 0 aromatic carbocycles. The summed E-state index contributed by atoms with van der Waals surface area (Å²) in [6, 6.07) is 1.41. The summed E-state index contributed by atoms with van der Waals surface area (Å²) in [7, 11) is -0.345. The van der Waals surface area contributed by atoms with Crippen molar-refractivity contribution in [2.24, 2.45) is 0 Å². The molecule has 5 heteroatoms. The minimum absolute atomic E-state index is 0.183. The summed E-state index contributed by atoms with van der Waals surface area (Å²) in [6.45, 7) is 0. The van der Waals surface area contributed by atoms with E-state index in [2.05, 4.69) is 4.42 Å². The van der Waals surface area contributed by atoms with Crippen molar-refractivity contribution in [2.75, 3.05) is 14.1 Å². The summed E-state index contributed by atoms with van der Waals surface area (Å²) in [6.07, 6.45) is 2.53. The van der Waals surface area contributed by atoms with Crippen LogP contribution in [0, 0.1) is 0 Å². The number of rotatable bonds is 2. The molecule has 0 saturated heterocycles. The highest BCUT2D eigenvalue weighted by atomic mass is 32.2. The Bertz CT molecular complexity index is 312. The Morgan fingerprint density at radius 3 is 2.45 bits per heavy atom. The van der Waals surface area contributed by atoms with E-state index in [1.54, 1.807) is 0 Å². The maximum absolute atomic E-state index is 11.3. The largest absolute Gasteiger partial charge is 0.471 e. The Labute approximate surface area is 65.5 Å². The van der Waals surface area contributed by atoms with Gasteiger partial charge in [-0.25, -0.2) is 12.7 Å². The minimum Gasteiger partial charge on any atom is -0.471 e. The van der Waals surface area contributed by atoms with Crippen LogP contribution < -0.4 is 0 Å². The second kappa shape index (κ2) is 2.67. The van der Waals surface area contributed by atoms with Crippen LogP contribution in [0.25, 0.3) is 0 Å². The van der Waals surface area contributed by atoms with E-state index in [9.17, 15) is 8.42 Å². The van der Waals surface area contributed by atoms with Crippen LogP contribution in [0.2, 0.25) is 0 Å². The third-order valence-corrected chi connectivity index (χ3v) is 3.06. The lowest BCUT2D eigenvalue weighted by molar-refractivity contribution is 0.515. The van der Waals surface area contributed by atoms with Gasteiger partial charge in [0.2, 0.25) is 10.0 Å². The van der Waals surface area contributed by atoms with Gasteiger partial charge in [-0.2, -0.15) is 0 Å². The quantitative estimate of drug-likeness (QED) is 0.658. The van der Waals surface area contributed by atoms with Crippen molar-refractivity contribution in [2.45, 2.75) is 4.90 Å². The van der Waals surface area contributed by atoms with Crippen LogP contribution in [-0.4, -0.2) is 26.8 Å². The Balaban J connectivity index is 3.12. The van der Waals surface area contributed by atoms with Gasteiger partial charge in [0.05, 0.1) is 6.26 Å². The highest BCUT2D eigenvalue weighted by molar-refractivity contribution is 7.89. The molecule has 11 heavy (non-hydrogen) atoms. The van der Waals surface area contributed by atoms with E-state index in [1.807, 2.05) is 0 Å². The normalized spacial score (nSPS) is 12.3. The first-order chi connectivity index (χ1) is 5.05. The molecule has 1 heterocycles. The highest BCUT2D eigenvalue weighted by Crippen LogP contribution is 2.11. The van der Waals surface area contributed by atoms with Crippen molar-refractivity contribution < 1.29 is 12.8 Å². The van der Waals surface area contributed by atoms with Gasteiger partial charge in [0.15, 0.2) is 0 Å². The minimum atomic E-state index is -3.29. The molecule has 62 valence electrons. The molecule has 0 aliphatic heterocycles. The van der Waals surface area contributed by atoms with Crippen molar-refractivity contribution in [3.63, 3.8) is 0 Å². The molecule has 0 bridgehead atoms. The second-order valence-corrected chi connectivity index (χ2v) is 4.40. The number of hydrogen-bond donors (Lipinski definition) is 0. The molecule has 0 radical (unpaired) electrons. The second-order valence-electron chi connectivity index (χ2n) is 2.25. The third-order valence-electron chi connectivity index (χ3n) is 1.27. The van der Waals surface area contributed by atoms with E-state index in [0.29, 0.717) is 0 Å². The molecular formula is C6H9NO3S. The molecule has 0 unspecified atom stereocenters. The van der Waals surface area contributed by atoms with Crippen molar-refractivity contribution in [3.05, 3.63) is 18.6 Å². The summed E-state index contributed by atoms with van der Waals surface area (Å²) in [5.41, 5.74) is 0. The molecule has 0 aliphatic rings. The fourth-order valence-electron chi connectivity index (χ4n) is 0.610. The van der Waals surface area contributed by atoms with Crippen molar-refractivity contribution in [1.29, 1.82) is 0 Å². The van der Waals surface area contributed by atoms with Gasteiger partial charge in [-0.1, -0.05) is 0 Å². The lowest BCUT2D eigenvalue weighted by atomic mass is 10.7. The van der Waals surface area contributed by atoms with Crippen LogP contribution in [0.5, 0.6) is 0 Å². The predicted molar refractivity (Wildman–Crippen MR) is 39.6 cm³/mol. The van der Waals surface area contributed by atoms with Crippen LogP contribution in [0.4, 0.5) is 0 Å². The summed E-state index contributed by atoms with van der Waals surface area (Å²) in [5, 5.41) is 0. The van der Waals surface area contributed by atoms with Gasteiger partial charge in [0.25, 0.3) is 0 Å². The van der Waals surface area contributed by atoms with Crippen LogP contribution in [0.1, 0.15) is 0 Å². The van der Waals surface area contributed by atoms with Crippen LogP contribution in [0.15, 0.2) is 27.9 Å². The summed E-state index contributed by atoms with van der Waals surface area (Å²) in [5.74, 6) is 0. The Morgan fingerprint density at radius 2 is 2.09 bits per heavy atom. The van der Waals surface area contributed by atoms with Crippen molar-refractivity contribution in [3.8, 4) is 0 Å². The van der Waals surface area contributed by atoms with E-state index in [4.69, 9.17) is 0 Å². The van der Waals surface area contributed by atoms with Crippen molar-refractivity contribution in [1.82, 2.24) is 4.31 Å². The monoisotopic (exact) mass is 175 g/mol. The van der Waals surface area contributed by atoms with E-state index in [1.165, 1.54) is 32.7 Å². The number of furan rings is 1. The first-order valence-corrected chi connectivity index (χ1v) is 4.44. The molecule has 4 nitrogen and oxygen atoms in total. The molecular weight excluding hydrogens is 166 g/mol. The van der Waals surface area contributed by atoms with Gasteiger partial charge in [-0.15, -0.1) is 0 Å². The lowest BCUT2D eigenvalue weighted by Gasteiger charge is -2.07. The van der Waals surface area contributed by atoms with Gasteiger partial charge in [0.1, 0.15) is 11.2 Å². The zero-order chi connectivity index (χ0) is 8.48. The van der Waals surface area contributed by atoms with Gasteiger partial charge in [0, 0.05) is 14.1 Å². The van der Waals surface area contributed by atoms with E-state index in [0.717, 1.165) is 4.31 Å². The molecule has 1 aromatic rings. The Morgan fingerprint density at radius 1 is 1.45 bits per heavy atom. The van der Waals surface area contributed by atoms with Crippen LogP contribution in [0.3, 0.4) is 0 Å². The maximum atomic E-state index is 11.3. The standard InChI is InChI=1S/C6H9NO3S/c1-7(2)11(8,9)6-3-4-10-5-6/h3-5H,1-2H3. The third kappa shape index (κ3) is 1.44. The maximum Gasteiger partial charge on any atom is 0.245 e. The summed E-state index contributed by atoms with van der Waals surface area (Å²) < 4.78 is 28.3. The lowest BCUT2D eigenvalue weighted by Crippen LogP contribution is -2.21. The molecule has 0 saturated carbocycles. The fraction of sp³-hybridized carbons (Fsp3) is 0.333.